The zero-order chi connectivity index (χ0) is 24.5. The van der Waals surface area contributed by atoms with E-state index >= 15 is 0 Å². The van der Waals surface area contributed by atoms with Crippen LogP contribution in [0.25, 0.3) is 0 Å². The van der Waals surface area contributed by atoms with Crippen LogP contribution in [0.15, 0.2) is 70.5 Å². The van der Waals surface area contributed by atoms with Crippen LogP contribution in [0.3, 0.4) is 0 Å². The van der Waals surface area contributed by atoms with Crippen LogP contribution in [0.2, 0.25) is 0 Å². The van der Waals surface area contributed by atoms with Gasteiger partial charge in [0.05, 0.1) is 9.79 Å². The van der Waals surface area contributed by atoms with Crippen molar-refractivity contribution in [2.45, 2.75) is 68.6 Å². The first-order valence-electron chi connectivity index (χ1n) is 11.5. The van der Waals surface area contributed by atoms with Gasteiger partial charge in [-0.15, -0.1) is 0 Å². The Kier molecular flexibility index (Phi) is 10.5. The molecular weight excluding hydrogens is 460 g/mol. The molecule has 184 valence electrons. The van der Waals surface area contributed by atoms with Gasteiger partial charge in [0.25, 0.3) is 0 Å². The normalized spacial score (nSPS) is 24.8. The summed E-state index contributed by atoms with van der Waals surface area (Å²) >= 11 is 0. The van der Waals surface area contributed by atoms with Crippen molar-refractivity contribution in [2.75, 3.05) is 0 Å². The van der Waals surface area contributed by atoms with E-state index in [1.807, 2.05) is 0 Å². The van der Waals surface area contributed by atoms with E-state index in [0.717, 1.165) is 23.7 Å². The van der Waals surface area contributed by atoms with Crippen molar-refractivity contribution in [3.63, 3.8) is 0 Å². The van der Waals surface area contributed by atoms with E-state index in [1.165, 1.54) is 87.1 Å². The molecule has 0 N–H and O–H groups in total. The van der Waals surface area contributed by atoms with Gasteiger partial charge in [-0.3, -0.25) is 0 Å². The third kappa shape index (κ3) is 10.4. The molecule has 0 saturated heterocycles. The zero-order valence-electron chi connectivity index (χ0n) is 19.3. The van der Waals surface area contributed by atoms with Crippen molar-refractivity contribution >= 4 is 20.2 Å². The predicted octanol–water partition coefficient (Wildman–Crippen LogP) is 5.43. The average Bonchev–Trinajstić information content (AvgIpc) is 3.37. The van der Waals surface area contributed by atoms with Crippen molar-refractivity contribution < 1.29 is 25.9 Å². The quantitative estimate of drug-likeness (QED) is 0.524. The first kappa shape index (κ1) is 27.5. The van der Waals surface area contributed by atoms with Gasteiger partial charge in [-0.05, 0) is 67.2 Å². The second-order valence-corrected chi connectivity index (χ2v) is 12.1. The van der Waals surface area contributed by atoms with Crippen LogP contribution >= 0.6 is 0 Å². The first-order chi connectivity index (χ1) is 15.4. The van der Waals surface area contributed by atoms with Gasteiger partial charge < -0.3 is 9.11 Å². The Morgan fingerprint density at radius 2 is 0.970 bits per heavy atom. The number of hydrogen-bond acceptors (Lipinski definition) is 6. The van der Waals surface area contributed by atoms with Crippen LogP contribution in [-0.2, 0) is 20.2 Å². The van der Waals surface area contributed by atoms with Gasteiger partial charge in [-0.2, -0.15) is 0 Å². The fraction of sp³-hybridized carbons (Fsp3) is 0.520. The Labute approximate surface area is 198 Å². The largest absolute Gasteiger partial charge is 0.744 e. The molecular formula is C25H34O6S2-2. The second kappa shape index (κ2) is 12.6. The summed E-state index contributed by atoms with van der Waals surface area (Å²) in [5.41, 5.74) is 0. The minimum absolute atomic E-state index is 0.185. The molecule has 2 aromatic carbocycles. The van der Waals surface area contributed by atoms with Gasteiger partial charge in [-0.1, -0.05) is 75.9 Å². The van der Waals surface area contributed by atoms with Crippen LogP contribution < -0.4 is 0 Å². The molecule has 0 spiro atoms. The highest BCUT2D eigenvalue weighted by molar-refractivity contribution is 7.86. The Balaban J connectivity index is 0.000000178. The van der Waals surface area contributed by atoms with Crippen molar-refractivity contribution in [1.29, 1.82) is 0 Å². The molecule has 33 heavy (non-hydrogen) atoms. The Bertz CT molecular complexity index is 951. The lowest BCUT2D eigenvalue weighted by atomic mass is 9.91. The molecule has 0 heterocycles. The Morgan fingerprint density at radius 1 is 0.636 bits per heavy atom. The molecule has 4 atom stereocenters. The standard InChI is InChI=1S/C13H24.2C6H6O3S/c1-10-3-5-12(7-10)9-13-6-4-11(2)8-13;2*7-10(8,9)6-4-2-1-3-5-6/h10-13H,3-9H2,1-2H3;2*1-5H,(H,7,8,9)/p-2. The van der Waals surface area contributed by atoms with Crippen LogP contribution in [0.5, 0.6) is 0 Å². The van der Waals surface area contributed by atoms with E-state index < -0.39 is 20.2 Å². The number of rotatable bonds is 4. The lowest BCUT2D eigenvalue weighted by molar-refractivity contribution is 0.366. The highest BCUT2D eigenvalue weighted by Crippen LogP contribution is 2.40. The van der Waals surface area contributed by atoms with E-state index in [2.05, 4.69) is 13.8 Å². The summed E-state index contributed by atoms with van der Waals surface area (Å²) in [6.45, 7) is 4.86. The van der Waals surface area contributed by atoms with Crippen LogP contribution in [-0.4, -0.2) is 25.9 Å². The van der Waals surface area contributed by atoms with Crippen LogP contribution in [0.1, 0.15) is 58.8 Å². The second-order valence-electron chi connectivity index (χ2n) is 9.34. The summed E-state index contributed by atoms with van der Waals surface area (Å²) in [4.78, 5) is -0.370. The van der Waals surface area contributed by atoms with Crippen LogP contribution in [0.4, 0.5) is 0 Å². The molecule has 8 heteroatoms. The zero-order valence-corrected chi connectivity index (χ0v) is 20.9. The molecule has 0 amide bonds. The Morgan fingerprint density at radius 3 is 1.18 bits per heavy atom. The molecule has 0 radical (unpaired) electrons. The minimum Gasteiger partial charge on any atom is -0.744 e. The fourth-order valence-electron chi connectivity index (χ4n) is 4.72. The Hall–Kier alpha value is -1.74. The molecule has 2 fully saturated rings. The van der Waals surface area contributed by atoms with Gasteiger partial charge in [-0.25, -0.2) is 16.8 Å². The van der Waals surface area contributed by atoms with Crippen molar-refractivity contribution in [1.82, 2.24) is 0 Å². The van der Waals surface area contributed by atoms with Gasteiger partial charge in [0.1, 0.15) is 20.2 Å². The summed E-state index contributed by atoms with van der Waals surface area (Å²) in [6.07, 6.45) is 10.7. The molecule has 2 aromatic rings. The third-order valence-electron chi connectivity index (χ3n) is 6.34. The van der Waals surface area contributed by atoms with Crippen molar-refractivity contribution in [2.24, 2.45) is 23.7 Å². The molecule has 2 aliphatic rings. The molecule has 2 aliphatic carbocycles. The molecule has 0 bridgehead atoms. The van der Waals surface area contributed by atoms with E-state index in [9.17, 15) is 25.9 Å². The van der Waals surface area contributed by atoms with Crippen molar-refractivity contribution in [3.8, 4) is 0 Å². The lowest BCUT2D eigenvalue weighted by Crippen LogP contribution is -2.03. The smallest absolute Gasteiger partial charge is 0.124 e. The molecule has 2 saturated carbocycles. The van der Waals surface area contributed by atoms with Gasteiger partial charge >= 0.3 is 0 Å². The SMILES string of the molecule is CC1CCC(CC2CCC(C)C2)C1.O=S(=O)([O-])c1ccccc1.O=S(=O)([O-])c1ccccc1. The van der Waals surface area contributed by atoms with Gasteiger partial charge in [0.15, 0.2) is 0 Å². The number of hydrogen-bond donors (Lipinski definition) is 0. The molecule has 4 rings (SSSR count). The number of benzene rings is 2. The maximum absolute atomic E-state index is 10.3. The van der Waals surface area contributed by atoms with Gasteiger partial charge in [0, 0.05) is 0 Å². The van der Waals surface area contributed by atoms with Gasteiger partial charge in [0.2, 0.25) is 0 Å². The average molecular weight is 495 g/mol. The maximum atomic E-state index is 10.3. The first-order valence-corrected chi connectivity index (χ1v) is 14.3. The lowest BCUT2D eigenvalue weighted by Gasteiger charge is -2.15. The highest BCUT2D eigenvalue weighted by atomic mass is 32.2. The third-order valence-corrected chi connectivity index (χ3v) is 8.04. The predicted molar refractivity (Wildman–Crippen MR) is 126 cm³/mol. The topological polar surface area (TPSA) is 114 Å². The van der Waals surface area contributed by atoms with Crippen LogP contribution in [0, 0.1) is 23.7 Å². The summed E-state index contributed by atoms with van der Waals surface area (Å²) in [6, 6.07) is 14.4. The molecule has 0 aliphatic heterocycles. The van der Waals surface area contributed by atoms with E-state index in [0.29, 0.717) is 0 Å². The van der Waals surface area contributed by atoms with Crippen molar-refractivity contribution in [3.05, 3.63) is 60.7 Å². The summed E-state index contributed by atoms with van der Waals surface area (Å²) in [7, 11) is -8.51. The highest BCUT2D eigenvalue weighted by Gasteiger charge is 2.27. The minimum atomic E-state index is -4.25. The molecule has 0 aromatic heterocycles. The van der Waals surface area contributed by atoms with E-state index in [4.69, 9.17) is 0 Å². The maximum Gasteiger partial charge on any atom is 0.124 e. The fourth-order valence-corrected chi connectivity index (χ4v) is 5.70. The monoisotopic (exact) mass is 494 g/mol. The molecule has 4 unspecified atom stereocenters. The van der Waals surface area contributed by atoms with E-state index in [-0.39, 0.29) is 9.79 Å². The molecule has 6 nitrogen and oxygen atoms in total. The summed E-state index contributed by atoms with van der Waals surface area (Å²) in [5.74, 6) is 4.27. The summed E-state index contributed by atoms with van der Waals surface area (Å²) < 4.78 is 61.7. The van der Waals surface area contributed by atoms with E-state index in [1.54, 1.807) is 18.6 Å². The summed E-state index contributed by atoms with van der Waals surface area (Å²) in [5, 5.41) is 0.